The molecule has 0 bridgehead atoms. The molecule has 1 aliphatic heterocycles. The Bertz CT molecular complexity index is 467. The third-order valence-electron chi connectivity index (χ3n) is 3.21. The Hall–Kier alpha value is -2.11. The van der Waals surface area contributed by atoms with Gasteiger partial charge in [0, 0.05) is 25.0 Å². The Labute approximate surface area is 104 Å². The lowest BCUT2D eigenvalue weighted by molar-refractivity contribution is -0.142. The minimum absolute atomic E-state index is 0.229. The predicted molar refractivity (Wildman–Crippen MR) is 65.3 cm³/mol. The molecule has 6 heteroatoms. The van der Waals surface area contributed by atoms with E-state index in [0.29, 0.717) is 25.9 Å². The summed E-state index contributed by atoms with van der Waals surface area (Å²) in [6, 6.07) is 3.44. The van der Waals surface area contributed by atoms with Crippen LogP contribution in [0.3, 0.4) is 0 Å². The number of carboxylic acid groups (broad SMARTS) is 1. The molecule has 1 aromatic rings. The number of pyridine rings is 1. The van der Waals surface area contributed by atoms with Gasteiger partial charge in [-0.25, -0.2) is 0 Å². The van der Waals surface area contributed by atoms with Gasteiger partial charge in [-0.3, -0.25) is 14.6 Å². The van der Waals surface area contributed by atoms with Crippen LogP contribution in [0.15, 0.2) is 18.3 Å². The smallest absolute Gasteiger partial charge is 0.306 e. The maximum atomic E-state index is 11.0. The minimum atomic E-state index is -0.734. The van der Waals surface area contributed by atoms with Gasteiger partial charge in [-0.1, -0.05) is 0 Å². The van der Waals surface area contributed by atoms with Crippen molar-refractivity contribution in [2.45, 2.75) is 12.8 Å². The zero-order valence-electron chi connectivity index (χ0n) is 9.87. The molecule has 18 heavy (non-hydrogen) atoms. The maximum absolute atomic E-state index is 11.0. The van der Waals surface area contributed by atoms with Gasteiger partial charge < -0.3 is 15.7 Å². The van der Waals surface area contributed by atoms with E-state index in [2.05, 4.69) is 4.98 Å². The van der Waals surface area contributed by atoms with Crippen molar-refractivity contribution in [2.75, 3.05) is 18.0 Å². The van der Waals surface area contributed by atoms with E-state index in [0.717, 1.165) is 5.69 Å². The number of nitrogens with two attached hydrogens (primary N) is 1. The molecule has 0 atom stereocenters. The van der Waals surface area contributed by atoms with E-state index in [-0.39, 0.29) is 11.6 Å². The van der Waals surface area contributed by atoms with Crippen LogP contribution in [-0.2, 0) is 4.79 Å². The summed E-state index contributed by atoms with van der Waals surface area (Å²) in [5.74, 6) is -1.56. The molecule has 0 aromatic carbocycles. The highest BCUT2D eigenvalue weighted by Gasteiger charge is 2.24. The Morgan fingerprint density at radius 1 is 1.39 bits per heavy atom. The molecule has 0 unspecified atom stereocenters. The van der Waals surface area contributed by atoms with E-state index in [1.54, 1.807) is 18.3 Å². The first-order valence-electron chi connectivity index (χ1n) is 5.81. The quantitative estimate of drug-likeness (QED) is 0.812. The molecule has 0 saturated carbocycles. The maximum Gasteiger partial charge on any atom is 0.306 e. The topological polar surface area (TPSA) is 96.5 Å². The second-order valence-electron chi connectivity index (χ2n) is 4.36. The molecule has 6 nitrogen and oxygen atoms in total. The molecule has 1 aromatic heterocycles. The molecule has 0 aliphatic carbocycles. The summed E-state index contributed by atoms with van der Waals surface area (Å²) in [7, 11) is 0. The average molecular weight is 249 g/mol. The molecule has 1 aliphatic rings. The summed E-state index contributed by atoms with van der Waals surface area (Å²) in [5.41, 5.74) is 6.27. The van der Waals surface area contributed by atoms with Crippen molar-refractivity contribution < 1.29 is 14.7 Å². The van der Waals surface area contributed by atoms with Crippen LogP contribution in [0.4, 0.5) is 5.69 Å². The first kappa shape index (κ1) is 12.3. The highest BCUT2D eigenvalue weighted by molar-refractivity contribution is 5.91. The van der Waals surface area contributed by atoms with Gasteiger partial charge in [0.2, 0.25) is 0 Å². The zero-order chi connectivity index (χ0) is 13.1. The van der Waals surface area contributed by atoms with Crippen molar-refractivity contribution in [1.82, 2.24) is 4.98 Å². The van der Waals surface area contributed by atoms with Crippen molar-refractivity contribution in [3.63, 3.8) is 0 Å². The van der Waals surface area contributed by atoms with Crippen LogP contribution in [0.5, 0.6) is 0 Å². The van der Waals surface area contributed by atoms with Gasteiger partial charge in [0.05, 0.1) is 5.92 Å². The predicted octanol–water partition coefficient (Wildman–Crippen LogP) is 0.481. The summed E-state index contributed by atoms with van der Waals surface area (Å²) in [6.07, 6.45) is 2.77. The number of carboxylic acids is 1. The number of aliphatic carboxylic acids is 1. The molecule has 2 heterocycles. The molecule has 1 amide bonds. The number of aromatic nitrogens is 1. The summed E-state index contributed by atoms with van der Waals surface area (Å²) in [5, 5.41) is 8.92. The second kappa shape index (κ2) is 5.03. The number of rotatable bonds is 3. The van der Waals surface area contributed by atoms with Gasteiger partial charge in [0.15, 0.2) is 0 Å². The molecular weight excluding hydrogens is 234 g/mol. The summed E-state index contributed by atoms with van der Waals surface area (Å²) in [6.45, 7) is 1.33. The van der Waals surface area contributed by atoms with Crippen molar-refractivity contribution in [3.8, 4) is 0 Å². The Morgan fingerprint density at radius 3 is 2.61 bits per heavy atom. The van der Waals surface area contributed by atoms with E-state index in [1.165, 1.54) is 0 Å². The van der Waals surface area contributed by atoms with Gasteiger partial charge in [-0.05, 0) is 25.0 Å². The van der Waals surface area contributed by atoms with Crippen LogP contribution in [0.2, 0.25) is 0 Å². The summed E-state index contributed by atoms with van der Waals surface area (Å²) in [4.78, 5) is 27.8. The van der Waals surface area contributed by atoms with Gasteiger partial charge in [0.25, 0.3) is 5.91 Å². The molecule has 2 rings (SSSR count). The van der Waals surface area contributed by atoms with Crippen LogP contribution >= 0.6 is 0 Å². The van der Waals surface area contributed by atoms with E-state index in [9.17, 15) is 9.59 Å². The highest BCUT2D eigenvalue weighted by Crippen LogP contribution is 2.23. The number of primary amides is 1. The number of amides is 1. The fraction of sp³-hybridized carbons (Fsp3) is 0.417. The van der Waals surface area contributed by atoms with Gasteiger partial charge >= 0.3 is 5.97 Å². The normalized spacial score (nSPS) is 16.6. The monoisotopic (exact) mass is 249 g/mol. The van der Waals surface area contributed by atoms with E-state index < -0.39 is 11.9 Å². The van der Waals surface area contributed by atoms with Crippen molar-refractivity contribution >= 4 is 17.6 Å². The minimum Gasteiger partial charge on any atom is -0.481 e. The van der Waals surface area contributed by atoms with Crippen LogP contribution < -0.4 is 10.6 Å². The lowest BCUT2D eigenvalue weighted by Gasteiger charge is -2.31. The SMILES string of the molecule is NC(=O)c1cc(N2CCC(C(=O)O)CC2)ccn1. The fourth-order valence-electron chi connectivity index (χ4n) is 2.14. The molecule has 3 N–H and O–H groups in total. The molecule has 0 spiro atoms. The number of hydrogen-bond donors (Lipinski definition) is 2. The summed E-state index contributed by atoms with van der Waals surface area (Å²) >= 11 is 0. The first-order valence-corrected chi connectivity index (χ1v) is 5.81. The molecule has 1 saturated heterocycles. The van der Waals surface area contributed by atoms with Gasteiger partial charge in [-0.2, -0.15) is 0 Å². The average Bonchev–Trinajstić information content (AvgIpc) is 2.39. The van der Waals surface area contributed by atoms with Crippen LogP contribution in [0, 0.1) is 5.92 Å². The van der Waals surface area contributed by atoms with Crippen LogP contribution in [0.1, 0.15) is 23.3 Å². The standard InChI is InChI=1S/C12H15N3O3/c13-11(16)10-7-9(1-4-14-10)15-5-2-8(3-6-15)12(17)18/h1,4,7-8H,2-3,5-6H2,(H2,13,16)(H,17,18). The molecular formula is C12H15N3O3. The van der Waals surface area contributed by atoms with E-state index >= 15 is 0 Å². The van der Waals surface area contributed by atoms with Crippen LogP contribution in [0.25, 0.3) is 0 Å². The molecule has 96 valence electrons. The Morgan fingerprint density at radius 2 is 2.06 bits per heavy atom. The Kier molecular flexibility index (Phi) is 3.45. The third kappa shape index (κ3) is 2.58. The number of carbonyl (C=O) groups excluding carboxylic acids is 1. The Balaban J connectivity index is 2.07. The third-order valence-corrected chi connectivity index (χ3v) is 3.21. The second-order valence-corrected chi connectivity index (χ2v) is 4.36. The number of hydrogen-bond acceptors (Lipinski definition) is 4. The van der Waals surface area contributed by atoms with Gasteiger partial charge in [-0.15, -0.1) is 0 Å². The molecule has 0 radical (unpaired) electrons. The first-order chi connectivity index (χ1) is 8.58. The number of anilines is 1. The number of nitrogens with zero attached hydrogens (tertiary/aromatic N) is 2. The van der Waals surface area contributed by atoms with Crippen molar-refractivity contribution in [3.05, 3.63) is 24.0 Å². The fourth-order valence-corrected chi connectivity index (χ4v) is 2.14. The lowest BCUT2D eigenvalue weighted by Crippen LogP contribution is -2.36. The lowest BCUT2D eigenvalue weighted by atomic mass is 9.97. The zero-order valence-corrected chi connectivity index (χ0v) is 9.87. The van der Waals surface area contributed by atoms with E-state index in [1.807, 2.05) is 4.90 Å². The number of carbonyl (C=O) groups is 2. The molecule has 1 fully saturated rings. The highest BCUT2D eigenvalue weighted by atomic mass is 16.4. The van der Waals surface area contributed by atoms with E-state index in [4.69, 9.17) is 10.8 Å². The van der Waals surface area contributed by atoms with Crippen molar-refractivity contribution in [1.29, 1.82) is 0 Å². The van der Waals surface area contributed by atoms with Crippen molar-refractivity contribution in [2.24, 2.45) is 11.7 Å². The van der Waals surface area contributed by atoms with Crippen LogP contribution in [-0.4, -0.2) is 35.1 Å². The largest absolute Gasteiger partial charge is 0.481 e. The number of piperidine rings is 1. The summed E-state index contributed by atoms with van der Waals surface area (Å²) < 4.78 is 0. The van der Waals surface area contributed by atoms with Gasteiger partial charge in [0.1, 0.15) is 5.69 Å².